The molecule has 29 heavy (non-hydrogen) atoms. The molecular formula is C22H26N4O2S. The van der Waals surface area contributed by atoms with Crippen LogP contribution in [0.3, 0.4) is 0 Å². The summed E-state index contributed by atoms with van der Waals surface area (Å²) in [5.41, 5.74) is 2.01. The van der Waals surface area contributed by atoms with Gasteiger partial charge in [-0.2, -0.15) is 0 Å². The third-order valence-electron chi connectivity index (χ3n) is 5.45. The number of nitrogens with one attached hydrogen (secondary N) is 1. The van der Waals surface area contributed by atoms with Crippen LogP contribution in [0.25, 0.3) is 10.2 Å². The molecule has 6 nitrogen and oxygen atoms in total. The lowest BCUT2D eigenvalue weighted by Crippen LogP contribution is -2.31. The number of ether oxygens (including phenoxy) is 1. The Morgan fingerprint density at radius 1 is 1.17 bits per heavy atom. The Hall–Kier alpha value is -2.67. The first-order valence-corrected chi connectivity index (χ1v) is 10.9. The molecule has 0 aliphatic carbocycles. The first-order valence-electron chi connectivity index (χ1n) is 10.1. The zero-order valence-electron chi connectivity index (χ0n) is 16.9. The number of carbonyl (C=O) groups is 1. The monoisotopic (exact) mass is 410 g/mol. The van der Waals surface area contributed by atoms with Crippen LogP contribution in [-0.2, 0) is 6.54 Å². The van der Waals surface area contributed by atoms with Gasteiger partial charge in [-0.1, -0.05) is 31.0 Å². The summed E-state index contributed by atoms with van der Waals surface area (Å²) < 4.78 is 5.44. The maximum absolute atomic E-state index is 13.2. The number of nitrogens with zero attached hydrogens (tertiary/aromatic N) is 3. The number of fused-ring (bicyclic) bond motifs is 1. The van der Waals surface area contributed by atoms with E-state index in [4.69, 9.17) is 4.74 Å². The van der Waals surface area contributed by atoms with Gasteiger partial charge in [-0.25, -0.2) is 9.97 Å². The highest BCUT2D eigenvalue weighted by Crippen LogP contribution is 2.34. The fraction of sp³-hybridized carbons (Fsp3) is 0.409. The molecule has 7 heteroatoms. The molecule has 1 aliphatic heterocycles. The van der Waals surface area contributed by atoms with E-state index in [0.717, 1.165) is 63.7 Å². The average molecular weight is 411 g/mol. The second-order valence-corrected chi connectivity index (χ2v) is 8.33. The molecule has 152 valence electrons. The fourth-order valence-electron chi connectivity index (χ4n) is 3.85. The number of anilines is 1. The Labute approximate surface area is 174 Å². The molecule has 1 N–H and O–H groups in total. The van der Waals surface area contributed by atoms with Crippen molar-refractivity contribution < 1.29 is 9.53 Å². The zero-order valence-corrected chi connectivity index (χ0v) is 17.7. The number of carbonyl (C=O) groups excluding carboxylic acids is 1. The van der Waals surface area contributed by atoms with E-state index in [1.807, 2.05) is 36.1 Å². The molecule has 0 unspecified atom stereocenters. The van der Waals surface area contributed by atoms with Crippen molar-refractivity contribution in [3.8, 4) is 5.75 Å². The molecule has 3 aromatic rings. The van der Waals surface area contributed by atoms with Crippen molar-refractivity contribution >= 4 is 33.3 Å². The first kappa shape index (κ1) is 19.6. The second kappa shape index (κ2) is 8.78. The number of para-hydroxylation sites is 1. The number of likely N-dealkylation sites (tertiary alicyclic amines) is 1. The Morgan fingerprint density at radius 3 is 2.69 bits per heavy atom. The highest BCUT2D eigenvalue weighted by atomic mass is 32.1. The quantitative estimate of drug-likeness (QED) is 0.664. The van der Waals surface area contributed by atoms with Crippen molar-refractivity contribution in [1.29, 1.82) is 0 Å². The normalized spacial score (nSPS) is 14.6. The van der Waals surface area contributed by atoms with Crippen LogP contribution in [0.4, 0.5) is 5.82 Å². The zero-order chi connectivity index (χ0) is 20.2. The molecule has 1 saturated heterocycles. The van der Waals surface area contributed by atoms with Crippen LogP contribution in [0.5, 0.6) is 5.75 Å². The van der Waals surface area contributed by atoms with E-state index in [1.165, 1.54) is 24.2 Å². The predicted molar refractivity (Wildman–Crippen MR) is 117 cm³/mol. The molecule has 0 bridgehead atoms. The standard InChI is InChI=1S/C22H26N4O2S/c1-15-18-20(23-13-16-9-5-6-10-17(16)28-2)24-14-25-21(18)29-19(15)22(27)26-11-7-3-4-8-12-26/h5-6,9-10,14H,3-4,7-8,11-13H2,1-2H3,(H,23,24,25). The number of amides is 1. The molecule has 3 heterocycles. The van der Waals surface area contributed by atoms with Crippen LogP contribution in [0.1, 0.15) is 46.5 Å². The van der Waals surface area contributed by atoms with Crippen LogP contribution in [-0.4, -0.2) is 41.0 Å². The van der Waals surface area contributed by atoms with Crippen molar-refractivity contribution in [2.45, 2.75) is 39.2 Å². The van der Waals surface area contributed by atoms with Crippen LogP contribution in [0.2, 0.25) is 0 Å². The van der Waals surface area contributed by atoms with E-state index in [9.17, 15) is 4.79 Å². The highest BCUT2D eigenvalue weighted by Gasteiger charge is 2.24. The first-order chi connectivity index (χ1) is 14.2. The Morgan fingerprint density at radius 2 is 1.93 bits per heavy atom. The topological polar surface area (TPSA) is 67.3 Å². The maximum Gasteiger partial charge on any atom is 0.264 e. The number of hydrogen-bond donors (Lipinski definition) is 1. The van der Waals surface area contributed by atoms with Gasteiger partial charge in [0.15, 0.2) is 0 Å². The van der Waals surface area contributed by atoms with Gasteiger partial charge in [-0.3, -0.25) is 4.79 Å². The van der Waals surface area contributed by atoms with Gasteiger partial charge in [0.1, 0.15) is 22.7 Å². The molecule has 1 fully saturated rings. The summed E-state index contributed by atoms with van der Waals surface area (Å²) in [6.45, 7) is 4.27. The number of methoxy groups -OCH3 is 1. The number of hydrogen-bond acceptors (Lipinski definition) is 6. The van der Waals surface area contributed by atoms with Crippen LogP contribution >= 0.6 is 11.3 Å². The van der Waals surface area contributed by atoms with E-state index in [-0.39, 0.29) is 5.91 Å². The summed E-state index contributed by atoms with van der Waals surface area (Å²) >= 11 is 1.47. The van der Waals surface area contributed by atoms with Crippen LogP contribution in [0, 0.1) is 6.92 Å². The van der Waals surface area contributed by atoms with Crippen molar-refractivity contribution in [2.24, 2.45) is 0 Å². The lowest BCUT2D eigenvalue weighted by atomic mass is 10.1. The predicted octanol–water partition coefficient (Wildman–Crippen LogP) is 4.64. The highest BCUT2D eigenvalue weighted by molar-refractivity contribution is 7.20. The van der Waals surface area contributed by atoms with Crippen molar-refractivity contribution in [3.05, 3.63) is 46.6 Å². The van der Waals surface area contributed by atoms with Gasteiger partial charge in [-0.15, -0.1) is 11.3 Å². The molecule has 0 saturated carbocycles. The maximum atomic E-state index is 13.2. The lowest BCUT2D eigenvalue weighted by molar-refractivity contribution is 0.0766. The third-order valence-corrected chi connectivity index (χ3v) is 6.64. The van der Waals surface area contributed by atoms with Gasteiger partial charge in [0.05, 0.1) is 17.4 Å². The minimum Gasteiger partial charge on any atom is -0.496 e. The van der Waals surface area contributed by atoms with Gasteiger partial charge in [0.25, 0.3) is 5.91 Å². The van der Waals surface area contributed by atoms with Crippen molar-refractivity contribution in [2.75, 3.05) is 25.5 Å². The smallest absolute Gasteiger partial charge is 0.264 e. The molecule has 2 aromatic heterocycles. The van der Waals surface area contributed by atoms with Crippen molar-refractivity contribution in [3.63, 3.8) is 0 Å². The Balaban J connectivity index is 1.62. The molecule has 0 atom stereocenters. The Bertz CT molecular complexity index is 1010. The SMILES string of the molecule is COc1ccccc1CNc1ncnc2sc(C(=O)N3CCCCCC3)c(C)c12. The number of rotatable bonds is 5. The van der Waals surface area contributed by atoms with E-state index >= 15 is 0 Å². The van der Waals surface area contributed by atoms with E-state index in [1.54, 1.807) is 13.4 Å². The van der Waals surface area contributed by atoms with Crippen LogP contribution in [0.15, 0.2) is 30.6 Å². The van der Waals surface area contributed by atoms with Gasteiger partial charge < -0.3 is 15.0 Å². The molecule has 1 aromatic carbocycles. The summed E-state index contributed by atoms with van der Waals surface area (Å²) in [6.07, 6.45) is 6.14. The number of aryl methyl sites for hydroxylation is 1. The second-order valence-electron chi connectivity index (χ2n) is 7.33. The largest absolute Gasteiger partial charge is 0.496 e. The van der Waals surface area contributed by atoms with Crippen LogP contribution < -0.4 is 10.1 Å². The molecule has 1 aliphatic rings. The molecular weight excluding hydrogens is 384 g/mol. The number of aromatic nitrogens is 2. The minimum atomic E-state index is 0.128. The average Bonchev–Trinajstić information content (AvgIpc) is 2.93. The van der Waals surface area contributed by atoms with E-state index < -0.39 is 0 Å². The fourth-order valence-corrected chi connectivity index (χ4v) is 4.97. The van der Waals surface area contributed by atoms with Gasteiger partial charge in [0.2, 0.25) is 0 Å². The lowest BCUT2D eigenvalue weighted by Gasteiger charge is -2.19. The number of thiophene rings is 1. The third kappa shape index (κ3) is 4.05. The van der Waals surface area contributed by atoms with Crippen molar-refractivity contribution in [1.82, 2.24) is 14.9 Å². The summed E-state index contributed by atoms with van der Waals surface area (Å²) in [6, 6.07) is 7.91. The Kier molecular flexibility index (Phi) is 5.94. The van der Waals surface area contributed by atoms with Gasteiger partial charge in [-0.05, 0) is 31.4 Å². The number of benzene rings is 1. The van der Waals surface area contributed by atoms with Gasteiger partial charge in [0, 0.05) is 25.2 Å². The van der Waals surface area contributed by atoms with Gasteiger partial charge >= 0.3 is 0 Å². The molecule has 0 radical (unpaired) electrons. The van der Waals surface area contributed by atoms with E-state index in [0.29, 0.717) is 6.54 Å². The van der Waals surface area contributed by atoms with E-state index in [2.05, 4.69) is 15.3 Å². The minimum absolute atomic E-state index is 0.128. The summed E-state index contributed by atoms with van der Waals surface area (Å²) in [5.74, 6) is 1.72. The molecule has 0 spiro atoms. The molecule has 1 amide bonds. The summed E-state index contributed by atoms with van der Waals surface area (Å²) in [5, 5.41) is 4.35. The summed E-state index contributed by atoms with van der Waals surface area (Å²) in [7, 11) is 1.67. The molecule has 4 rings (SSSR count). The summed E-state index contributed by atoms with van der Waals surface area (Å²) in [4.78, 5) is 25.7.